The monoisotopic (exact) mass is 490 g/mol. The van der Waals surface area contributed by atoms with Gasteiger partial charge in [0.2, 0.25) is 5.79 Å². The molecule has 0 amide bonds. The van der Waals surface area contributed by atoms with Crippen LogP contribution in [0.5, 0.6) is 5.75 Å². The number of phenolic OH excluding ortho intramolecular Hbond substituents is 1. The van der Waals surface area contributed by atoms with Gasteiger partial charge >= 0.3 is 5.97 Å². The third-order valence-corrected chi connectivity index (χ3v) is 5.85. The third kappa shape index (κ3) is 5.66. The summed E-state index contributed by atoms with van der Waals surface area (Å²) in [5, 5.41) is 79.2. The lowest BCUT2D eigenvalue weighted by Crippen LogP contribution is -2.62. The Labute approximate surface area is 194 Å². The molecule has 1 aromatic carbocycles. The van der Waals surface area contributed by atoms with Gasteiger partial charge in [-0.05, 0) is 24.1 Å². The highest BCUT2D eigenvalue weighted by atomic mass is 16.8. The Hall–Kier alpha value is -1.91. The minimum Gasteiger partial charge on any atom is -0.508 e. The zero-order valence-electron chi connectivity index (χ0n) is 18.1. The summed E-state index contributed by atoms with van der Waals surface area (Å²) < 4.78 is 21.1. The number of rotatable bonds is 9. The van der Waals surface area contributed by atoms with E-state index in [1.807, 2.05) is 0 Å². The van der Waals surface area contributed by atoms with Crippen LogP contribution >= 0.6 is 0 Å². The molecule has 2 aliphatic heterocycles. The maximum absolute atomic E-state index is 12.1. The number of ether oxygens (including phenoxy) is 4. The maximum atomic E-state index is 12.1. The molecule has 2 saturated heterocycles. The molecule has 2 aliphatic rings. The molecule has 0 aromatic heterocycles. The van der Waals surface area contributed by atoms with E-state index in [-0.39, 0.29) is 12.2 Å². The smallest absolute Gasteiger partial charge is 0.306 e. The fraction of sp³-hybridized carbons (Fsp3) is 0.667. The van der Waals surface area contributed by atoms with Gasteiger partial charge < -0.3 is 59.8 Å². The Bertz CT molecular complexity index is 804. The summed E-state index contributed by atoms with van der Waals surface area (Å²) in [5.74, 6) is -2.85. The van der Waals surface area contributed by atoms with Crippen molar-refractivity contribution in [1.82, 2.24) is 0 Å². The van der Waals surface area contributed by atoms with Crippen LogP contribution in [0.1, 0.15) is 12.0 Å². The van der Waals surface area contributed by atoms with E-state index in [1.54, 1.807) is 12.1 Å². The van der Waals surface area contributed by atoms with Crippen molar-refractivity contribution in [2.75, 3.05) is 19.8 Å². The maximum Gasteiger partial charge on any atom is 0.306 e. The second kappa shape index (κ2) is 11.2. The summed E-state index contributed by atoms with van der Waals surface area (Å²) in [6, 6.07) is 6.24. The Morgan fingerprint density at radius 1 is 0.941 bits per heavy atom. The minimum atomic E-state index is -2.30. The number of carbonyl (C=O) groups is 1. The number of aryl methyl sites for hydroxylation is 1. The molecule has 0 unspecified atom stereocenters. The van der Waals surface area contributed by atoms with E-state index in [1.165, 1.54) is 12.1 Å². The Balaban J connectivity index is 1.59. The van der Waals surface area contributed by atoms with Gasteiger partial charge in [0.15, 0.2) is 6.29 Å². The first-order valence-corrected chi connectivity index (χ1v) is 10.7. The molecule has 9 atom stereocenters. The number of esters is 1. The number of hydrogen-bond acceptors (Lipinski definition) is 13. The summed E-state index contributed by atoms with van der Waals surface area (Å²) in [6.07, 6.45) is -12.9. The minimum absolute atomic E-state index is 0.0210. The lowest BCUT2D eigenvalue weighted by molar-refractivity contribution is -0.383. The van der Waals surface area contributed by atoms with E-state index in [0.29, 0.717) is 6.42 Å². The molecule has 8 N–H and O–H groups in total. The molecule has 2 fully saturated rings. The van der Waals surface area contributed by atoms with Gasteiger partial charge in [0.1, 0.15) is 61.7 Å². The molecular formula is C21H30O13. The van der Waals surface area contributed by atoms with Gasteiger partial charge in [0.05, 0.1) is 6.61 Å². The lowest BCUT2D eigenvalue weighted by atomic mass is 9.99. The molecule has 34 heavy (non-hydrogen) atoms. The largest absolute Gasteiger partial charge is 0.508 e. The van der Waals surface area contributed by atoms with E-state index in [9.17, 15) is 45.6 Å². The topological polar surface area (TPSA) is 216 Å². The quantitative estimate of drug-likeness (QED) is 0.158. The second-order valence-corrected chi connectivity index (χ2v) is 8.23. The van der Waals surface area contributed by atoms with Crippen LogP contribution in [0.4, 0.5) is 0 Å². The van der Waals surface area contributed by atoms with E-state index in [4.69, 9.17) is 18.9 Å². The highest BCUT2D eigenvalue weighted by Gasteiger charge is 2.58. The fourth-order valence-electron chi connectivity index (χ4n) is 3.77. The number of phenols is 1. The zero-order chi connectivity index (χ0) is 25.0. The Morgan fingerprint density at radius 2 is 1.62 bits per heavy atom. The van der Waals surface area contributed by atoms with Crippen molar-refractivity contribution in [2.24, 2.45) is 0 Å². The van der Waals surface area contributed by atoms with Crippen LogP contribution in [0.25, 0.3) is 0 Å². The highest BCUT2D eigenvalue weighted by molar-refractivity contribution is 5.69. The SMILES string of the molecule is O=C(CCc1ccc(O)cc1)OC[C@H]1O[C@H](O[C@]2(CO)O[C@H](CO)[C@@H](O)[C@@H]2O)[C@H](O)[C@@H](O)[C@@H]1O. The zero-order valence-corrected chi connectivity index (χ0v) is 18.1. The molecule has 1 aromatic rings. The lowest BCUT2D eigenvalue weighted by Gasteiger charge is -2.43. The number of aromatic hydroxyl groups is 1. The number of benzene rings is 1. The molecule has 192 valence electrons. The standard InChI is InChI=1S/C21H30O13/c22-7-12-16(27)19(30)21(9-23,33-12)34-20-18(29)17(28)15(26)13(32-20)8-31-14(25)6-3-10-1-4-11(24)5-2-10/h1-2,4-5,12-13,15-20,22-24,26-30H,3,6-9H2/t12-,13-,15-,16-,17+,18-,19+,20-,21+/m1/s1. The summed E-state index contributed by atoms with van der Waals surface area (Å²) in [7, 11) is 0. The van der Waals surface area contributed by atoms with Crippen molar-refractivity contribution < 1.29 is 64.6 Å². The molecule has 2 heterocycles. The summed E-state index contributed by atoms with van der Waals surface area (Å²) in [5.41, 5.74) is 0.781. The van der Waals surface area contributed by atoms with Crippen LogP contribution in [0.15, 0.2) is 24.3 Å². The van der Waals surface area contributed by atoms with Crippen molar-refractivity contribution in [2.45, 2.75) is 67.6 Å². The number of carbonyl (C=O) groups excluding carboxylic acids is 1. The van der Waals surface area contributed by atoms with E-state index >= 15 is 0 Å². The first kappa shape index (κ1) is 26.7. The van der Waals surface area contributed by atoms with E-state index < -0.39 is 80.6 Å². The Morgan fingerprint density at radius 3 is 2.21 bits per heavy atom. The second-order valence-electron chi connectivity index (χ2n) is 8.23. The van der Waals surface area contributed by atoms with Crippen molar-refractivity contribution >= 4 is 5.97 Å². The van der Waals surface area contributed by atoms with Crippen LogP contribution in [0.2, 0.25) is 0 Å². The molecular weight excluding hydrogens is 460 g/mol. The Kier molecular flexibility index (Phi) is 8.81. The summed E-state index contributed by atoms with van der Waals surface area (Å²) >= 11 is 0. The van der Waals surface area contributed by atoms with Gasteiger partial charge in [-0.2, -0.15) is 0 Å². The average Bonchev–Trinajstić information content (AvgIpc) is 3.08. The van der Waals surface area contributed by atoms with Crippen molar-refractivity contribution in [1.29, 1.82) is 0 Å². The number of hydrogen-bond donors (Lipinski definition) is 8. The molecule has 0 radical (unpaired) electrons. The van der Waals surface area contributed by atoms with Gasteiger partial charge in [0.25, 0.3) is 0 Å². The van der Waals surface area contributed by atoms with Crippen LogP contribution < -0.4 is 0 Å². The van der Waals surface area contributed by atoms with Crippen LogP contribution in [0, 0.1) is 0 Å². The van der Waals surface area contributed by atoms with Crippen LogP contribution in [-0.4, -0.2) is 121 Å². The molecule has 13 nitrogen and oxygen atoms in total. The van der Waals surface area contributed by atoms with Gasteiger partial charge in [0, 0.05) is 6.42 Å². The van der Waals surface area contributed by atoms with Crippen molar-refractivity contribution in [3.8, 4) is 5.75 Å². The number of aliphatic hydroxyl groups is 7. The molecule has 0 aliphatic carbocycles. The highest BCUT2D eigenvalue weighted by Crippen LogP contribution is 2.36. The molecule has 0 bridgehead atoms. The first-order valence-electron chi connectivity index (χ1n) is 10.7. The fourth-order valence-corrected chi connectivity index (χ4v) is 3.77. The molecule has 13 heteroatoms. The third-order valence-electron chi connectivity index (χ3n) is 5.85. The van der Waals surface area contributed by atoms with Crippen LogP contribution in [0.3, 0.4) is 0 Å². The van der Waals surface area contributed by atoms with Gasteiger partial charge in [-0.25, -0.2) is 0 Å². The average molecular weight is 490 g/mol. The molecule has 0 saturated carbocycles. The number of aliphatic hydroxyl groups excluding tert-OH is 7. The predicted octanol–water partition coefficient (Wildman–Crippen LogP) is -3.51. The predicted molar refractivity (Wildman–Crippen MR) is 109 cm³/mol. The van der Waals surface area contributed by atoms with Crippen molar-refractivity contribution in [3.05, 3.63) is 29.8 Å². The van der Waals surface area contributed by atoms with Gasteiger partial charge in [-0.15, -0.1) is 0 Å². The molecule has 0 spiro atoms. The van der Waals surface area contributed by atoms with Crippen molar-refractivity contribution in [3.63, 3.8) is 0 Å². The van der Waals surface area contributed by atoms with Gasteiger partial charge in [-0.1, -0.05) is 12.1 Å². The summed E-state index contributed by atoms with van der Waals surface area (Å²) in [6.45, 7) is -2.23. The molecule has 3 rings (SSSR count). The normalized spacial score (nSPS) is 38.1. The van der Waals surface area contributed by atoms with Crippen LogP contribution in [-0.2, 0) is 30.2 Å². The van der Waals surface area contributed by atoms with E-state index in [0.717, 1.165) is 5.56 Å². The summed E-state index contributed by atoms with van der Waals surface area (Å²) in [4.78, 5) is 12.1. The van der Waals surface area contributed by atoms with Gasteiger partial charge in [-0.3, -0.25) is 4.79 Å². The van der Waals surface area contributed by atoms with E-state index in [2.05, 4.69) is 0 Å². The first-order chi connectivity index (χ1) is 16.1.